The minimum absolute atomic E-state index is 0.699. The molecule has 0 saturated heterocycles. The first-order valence-corrected chi connectivity index (χ1v) is 15.7. The number of unbranched alkanes of at least 4 members (excludes halogenated alkanes) is 5. The molecule has 4 rings (SSSR count). The molecule has 224 valence electrons. The summed E-state index contributed by atoms with van der Waals surface area (Å²) in [4.78, 5) is 0. The second kappa shape index (κ2) is 18.3. The second-order valence-electron chi connectivity index (χ2n) is 10.6. The van der Waals surface area contributed by atoms with E-state index in [0.29, 0.717) is 13.2 Å². The maximum atomic E-state index is 5.90. The molecule has 0 atom stereocenters. The Morgan fingerprint density at radius 1 is 0.419 bits per heavy atom. The number of hydrogen-bond donors (Lipinski definition) is 0. The lowest BCUT2D eigenvalue weighted by Crippen LogP contribution is -1.99. The van der Waals surface area contributed by atoms with Crippen LogP contribution in [0.5, 0.6) is 11.5 Å². The van der Waals surface area contributed by atoms with Crippen molar-refractivity contribution >= 4 is 22.7 Å². The van der Waals surface area contributed by atoms with Gasteiger partial charge in [-0.15, -0.1) is 0 Å². The number of benzene rings is 4. The monoisotopic (exact) mass is 576 g/mol. The van der Waals surface area contributed by atoms with Crippen molar-refractivity contribution in [2.75, 3.05) is 13.2 Å². The lowest BCUT2D eigenvalue weighted by Gasteiger charge is -2.07. The van der Waals surface area contributed by atoms with Gasteiger partial charge in [0.15, 0.2) is 0 Å². The highest BCUT2D eigenvalue weighted by molar-refractivity contribution is 5.44. The number of aryl methyl sites for hydroxylation is 2. The first kappa shape index (κ1) is 31.6. The van der Waals surface area contributed by atoms with Crippen LogP contribution in [0.1, 0.15) is 69.9 Å². The lowest BCUT2D eigenvalue weighted by molar-refractivity contribution is 0.287. The zero-order chi connectivity index (χ0) is 30.0. The normalized spacial score (nSPS) is 11.4. The van der Waals surface area contributed by atoms with E-state index in [0.717, 1.165) is 72.8 Å². The molecule has 0 aliphatic heterocycles. The van der Waals surface area contributed by atoms with Gasteiger partial charge in [0.25, 0.3) is 0 Å². The van der Waals surface area contributed by atoms with Crippen molar-refractivity contribution in [1.82, 2.24) is 0 Å². The van der Waals surface area contributed by atoms with Crippen molar-refractivity contribution in [2.24, 2.45) is 20.5 Å². The standard InChI is InChI=1S/C37H44N4O2/c1-3-5-8-11-31-14-18-33(19-15-31)39-41-35-22-26-37(27-23-35)43-29-10-7-6-9-28-42-36-24-20-34(21-25-36)40-38-32-16-12-30(4-2)13-17-32/h12-27H,3-11,28-29H2,1-2H3. The molecule has 6 heteroatoms. The second-order valence-corrected chi connectivity index (χ2v) is 10.6. The summed E-state index contributed by atoms with van der Waals surface area (Å²) in [6.45, 7) is 5.77. The Balaban J connectivity index is 1.05. The smallest absolute Gasteiger partial charge is 0.119 e. The van der Waals surface area contributed by atoms with Crippen LogP contribution in [0.2, 0.25) is 0 Å². The van der Waals surface area contributed by atoms with Gasteiger partial charge in [-0.2, -0.15) is 20.5 Å². The van der Waals surface area contributed by atoms with E-state index in [2.05, 4.69) is 58.6 Å². The van der Waals surface area contributed by atoms with Crippen molar-refractivity contribution in [3.05, 3.63) is 108 Å². The van der Waals surface area contributed by atoms with E-state index < -0.39 is 0 Å². The summed E-state index contributed by atoms with van der Waals surface area (Å²) in [7, 11) is 0. The van der Waals surface area contributed by atoms with Gasteiger partial charge in [-0.25, -0.2) is 0 Å². The third-order valence-corrected chi connectivity index (χ3v) is 7.16. The fraction of sp³-hybridized carbons (Fsp3) is 0.351. The van der Waals surface area contributed by atoms with Crippen LogP contribution in [0.4, 0.5) is 22.7 Å². The van der Waals surface area contributed by atoms with E-state index in [1.807, 2.05) is 72.8 Å². The van der Waals surface area contributed by atoms with Crippen molar-refractivity contribution in [3.63, 3.8) is 0 Å². The Hall–Kier alpha value is -4.32. The lowest BCUT2D eigenvalue weighted by atomic mass is 10.1. The molecule has 0 unspecified atom stereocenters. The largest absolute Gasteiger partial charge is 0.494 e. The summed E-state index contributed by atoms with van der Waals surface area (Å²) in [6.07, 6.45) is 10.1. The van der Waals surface area contributed by atoms with Gasteiger partial charge in [-0.3, -0.25) is 0 Å². The molecule has 0 saturated carbocycles. The topological polar surface area (TPSA) is 67.9 Å². The molecule has 0 aliphatic carbocycles. The van der Waals surface area contributed by atoms with E-state index in [1.165, 1.54) is 30.4 Å². The Labute approximate surface area is 256 Å². The Bertz CT molecular complexity index is 1380. The van der Waals surface area contributed by atoms with E-state index >= 15 is 0 Å². The van der Waals surface area contributed by atoms with E-state index in [-0.39, 0.29) is 0 Å². The van der Waals surface area contributed by atoms with Gasteiger partial charge >= 0.3 is 0 Å². The van der Waals surface area contributed by atoms with Gasteiger partial charge in [0, 0.05) is 0 Å². The average molecular weight is 577 g/mol. The van der Waals surface area contributed by atoms with Crippen molar-refractivity contribution < 1.29 is 9.47 Å². The predicted molar refractivity (Wildman–Crippen MR) is 176 cm³/mol. The number of azo groups is 2. The maximum Gasteiger partial charge on any atom is 0.119 e. The summed E-state index contributed by atoms with van der Waals surface area (Å²) in [5, 5.41) is 17.4. The van der Waals surface area contributed by atoms with Gasteiger partial charge in [0.1, 0.15) is 11.5 Å². The average Bonchev–Trinajstić information content (AvgIpc) is 3.06. The summed E-state index contributed by atoms with van der Waals surface area (Å²) in [5.74, 6) is 1.71. The number of ether oxygens (including phenoxy) is 2. The van der Waals surface area contributed by atoms with E-state index in [4.69, 9.17) is 9.47 Å². The van der Waals surface area contributed by atoms with E-state index in [1.54, 1.807) is 0 Å². The third-order valence-electron chi connectivity index (χ3n) is 7.16. The number of hydrogen-bond acceptors (Lipinski definition) is 6. The third kappa shape index (κ3) is 11.8. The predicted octanol–water partition coefficient (Wildman–Crippen LogP) is 11.8. The van der Waals surface area contributed by atoms with Crippen LogP contribution in [0, 0.1) is 0 Å². The van der Waals surface area contributed by atoms with Gasteiger partial charge in [-0.1, -0.05) is 51.0 Å². The first-order valence-electron chi connectivity index (χ1n) is 15.7. The summed E-state index contributed by atoms with van der Waals surface area (Å²) in [6, 6.07) is 32.1. The fourth-order valence-electron chi connectivity index (χ4n) is 4.49. The summed E-state index contributed by atoms with van der Waals surface area (Å²) < 4.78 is 11.8. The highest BCUT2D eigenvalue weighted by Crippen LogP contribution is 2.24. The maximum absolute atomic E-state index is 5.90. The molecule has 0 fully saturated rings. The zero-order valence-electron chi connectivity index (χ0n) is 25.6. The molecule has 0 spiro atoms. The van der Waals surface area contributed by atoms with Crippen molar-refractivity contribution in [1.29, 1.82) is 0 Å². The molecule has 0 aliphatic rings. The number of rotatable bonds is 18. The summed E-state index contributed by atoms with van der Waals surface area (Å²) in [5.41, 5.74) is 6.01. The molecule has 43 heavy (non-hydrogen) atoms. The molecular weight excluding hydrogens is 532 g/mol. The van der Waals surface area contributed by atoms with Gasteiger partial charge < -0.3 is 9.47 Å². The molecule has 4 aromatic carbocycles. The van der Waals surface area contributed by atoms with Gasteiger partial charge in [0.2, 0.25) is 0 Å². The van der Waals surface area contributed by atoms with Gasteiger partial charge in [-0.05, 0) is 129 Å². The van der Waals surface area contributed by atoms with Crippen LogP contribution < -0.4 is 9.47 Å². The van der Waals surface area contributed by atoms with Crippen LogP contribution in [0.25, 0.3) is 0 Å². The van der Waals surface area contributed by atoms with Crippen LogP contribution in [-0.2, 0) is 12.8 Å². The van der Waals surface area contributed by atoms with Gasteiger partial charge in [0.05, 0.1) is 36.0 Å². The SMILES string of the molecule is CCCCCc1ccc(N=Nc2ccc(OCCCCCCOc3ccc(N=Nc4ccc(CC)cc4)cc3)cc2)cc1. The van der Waals surface area contributed by atoms with Crippen molar-refractivity contribution in [3.8, 4) is 11.5 Å². The summed E-state index contributed by atoms with van der Waals surface area (Å²) >= 11 is 0. The molecule has 0 aromatic heterocycles. The van der Waals surface area contributed by atoms with Crippen LogP contribution >= 0.6 is 0 Å². The molecular formula is C37H44N4O2. The minimum atomic E-state index is 0.699. The van der Waals surface area contributed by atoms with Crippen LogP contribution in [0.15, 0.2) is 118 Å². The Morgan fingerprint density at radius 3 is 1.21 bits per heavy atom. The molecule has 6 nitrogen and oxygen atoms in total. The highest BCUT2D eigenvalue weighted by atomic mass is 16.5. The van der Waals surface area contributed by atoms with Crippen LogP contribution in [-0.4, -0.2) is 13.2 Å². The molecule has 0 heterocycles. The zero-order valence-corrected chi connectivity index (χ0v) is 25.6. The Kier molecular flexibility index (Phi) is 13.4. The Morgan fingerprint density at radius 2 is 0.814 bits per heavy atom. The van der Waals surface area contributed by atoms with Crippen molar-refractivity contribution in [2.45, 2.75) is 71.6 Å². The minimum Gasteiger partial charge on any atom is -0.494 e. The number of nitrogens with zero attached hydrogens (tertiary/aromatic N) is 4. The molecule has 0 N–H and O–H groups in total. The molecule has 4 aromatic rings. The van der Waals surface area contributed by atoms with E-state index in [9.17, 15) is 0 Å². The molecule has 0 radical (unpaired) electrons. The quantitative estimate of drug-likeness (QED) is 0.0873. The molecule has 0 bridgehead atoms. The van der Waals surface area contributed by atoms with Crippen LogP contribution in [0.3, 0.4) is 0 Å². The highest BCUT2D eigenvalue weighted by Gasteiger charge is 1.99. The fourth-order valence-corrected chi connectivity index (χ4v) is 4.49. The first-order chi connectivity index (χ1) is 21.2. The molecule has 0 amide bonds.